The molecule has 0 unspecified atom stereocenters. The van der Waals surface area contributed by atoms with Gasteiger partial charge < -0.3 is 15.0 Å². The first-order valence-electron chi connectivity index (χ1n) is 7.80. The van der Waals surface area contributed by atoms with Crippen molar-refractivity contribution in [2.75, 3.05) is 18.2 Å². The zero-order chi connectivity index (χ0) is 17.1. The Bertz CT molecular complexity index is 907. The highest BCUT2D eigenvalue weighted by atomic mass is 35.5. The Morgan fingerprint density at radius 1 is 1.21 bits per heavy atom. The van der Waals surface area contributed by atoms with Crippen LogP contribution in [0.5, 0.6) is 5.75 Å². The van der Waals surface area contributed by atoms with Crippen LogP contribution in [0.1, 0.15) is 12.5 Å². The minimum Gasteiger partial charge on any atom is -0.492 e. The summed E-state index contributed by atoms with van der Waals surface area (Å²) in [5.41, 5.74) is 10.0. The van der Waals surface area contributed by atoms with Crippen molar-refractivity contribution in [2.45, 2.75) is 13.5 Å². The fourth-order valence-electron chi connectivity index (χ4n) is 2.96. The summed E-state index contributed by atoms with van der Waals surface area (Å²) in [6, 6.07) is 15.7. The van der Waals surface area contributed by atoms with Gasteiger partial charge in [0.1, 0.15) is 18.4 Å². The van der Waals surface area contributed by atoms with E-state index in [-0.39, 0.29) is 0 Å². The summed E-state index contributed by atoms with van der Waals surface area (Å²) in [5.74, 6) is 1.19. The van der Waals surface area contributed by atoms with Gasteiger partial charge in [-0.05, 0) is 36.8 Å². The first-order chi connectivity index (χ1) is 11.7. The predicted octanol–water partition coefficient (Wildman–Crippen LogP) is 4.40. The third-order valence-electron chi connectivity index (χ3n) is 3.99. The summed E-state index contributed by atoms with van der Waals surface area (Å²) in [5, 5.41) is 10.6. The molecular weight excluding hydrogens is 322 g/mol. The minimum atomic E-state index is 0.437. The monoisotopic (exact) mass is 339 g/mol. The van der Waals surface area contributed by atoms with Crippen LogP contribution >= 0.6 is 11.6 Å². The summed E-state index contributed by atoms with van der Waals surface area (Å²) >= 11 is 5.69. The Balaban J connectivity index is 2.24. The lowest BCUT2D eigenvalue weighted by Gasteiger charge is -2.10. The lowest BCUT2D eigenvalue weighted by Crippen LogP contribution is -2.00. The van der Waals surface area contributed by atoms with Crippen LogP contribution in [0.15, 0.2) is 42.5 Å². The molecule has 0 fully saturated rings. The number of fused-ring (bicyclic) bond motifs is 1. The Hall–Kier alpha value is -2.64. The van der Waals surface area contributed by atoms with Crippen molar-refractivity contribution >= 4 is 28.2 Å². The van der Waals surface area contributed by atoms with E-state index in [1.54, 1.807) is 0 Å². The third-order valence-corrected chi connectivity index (χ3v) is 4.15. The lowest BCUT2D eigenvalue weighted by molar-refractivity contribution is 0.343. The second kappa shape index (κ2) is 6.86. The van der Waals surface area contributed by atoms with Crippen LogP contribution in [0, 0.1) is 11.3 Å². The molecule has 0 saturated heterocycles. The van der Waals surface area contributed by atoms with Gasteiger partial charge in [0, 0.05) is 23.7 Å². The lowest BCUT2D eigenvalue weighted by atomic mass is 10.1. The van der Waals surface area contributed by atoms with Crippen LogP contribution < -0.4 is 10.5 Å². The molecule has 5 heteroatoms. The number of anilines is 1. The Labute approximate surface area is 146 Å². The van der Waals surface area contributed by atoms with Crippen molar-refractivity contribution in [3.63, 3.8) is 0 Å². The largest absolute Gasteiger partial charge is 0.492 e. The molecule has 4 nitrogen and oxygen atoms in total. The second-order valence-electron chi connectivity index (χ2n) is 5.42. The van der Waals surface area contributed by atoms with E-state index in [1.807, 2.05) is 42.5 Å². The molecular formula is C19H18ClN3O. The van der Waals surface area contributed by atoms with Crippen LogP contribution in [0.25, 0.3) is 22.2 Å². The number of halogens is 1. The summed E-state index contributed by atoms with van der Waals surface area (Å²) in [7, 11) is 0. The molecule has 0 aliphatic carbocycles. The zero-order valence-electron chi connectivity index (χ0n) is 13.4. The maximum absolute atomic E-state index is 9.72. The fourth-order valence-corrected chi connectivity index (χ4v) is 3.04. The van der Waals surface area contributed by atoms with Gasteiger partial charge in [-0.1, -0.05) is 12.1 Å². The normalized spacial score (nSPS) is 10.7. The van der Waals surface area contributed by atoms with E-state index in [9.17, 15) is 5.26 Å². The molecule has 2 aromatic carbocycles. The summed E-state index contributed by atoms with van der Waals surface area (Å²) in [6.45, 7) is 3.26. The molecule has 24 heavy (non-hydrogen) atoms. The molecule has 0 atom stereocenters. The highest BCUT2D eigenvalue weighted by Crippen LogP contribution is 2.35. The second-order valence-corrected chi connectivity index (χ2v) is 5.80. The average Bonchev–Trinajstić information content (AvgIpc) is 2.93. The van der Waals surface area contributed by atoms with Gasteiger partial charge in [-0.15, -0.1) is 11.6 Å². The Morgan fingerprint density at radius 2 is 1.96 bits per heavy atom. The Kier molecular flexibility index (Phi) is 4.64. The number of nitrogens with zero attached hydrogens (tertiary/aromatic N) is 2. The van der Waals surface area contributed by atoms with Crippen molar-refractivity contribution < 1.29 is 4.74 Å². The summed E-state index contributed by atoms with van der Waals surface area (Å²) in [4.78, 5) is 0. The van der Waals surface area contributed by atoms with Crippen molar-refractivity contribution in [3.05, 3.63) is 48.0 Å². The molecule has 3 aromatic rings. The highest BCUT2D eigenvalue weighted by molar-refractivity contribution is 6.18. The number of nitrogen functional groups attached to an aromatic ring is 1. The molecule has 2 N–H and O–H groups in total. The van der Waals surface area contributed by atoms with E-state index in [0.717, 1.165) is 34.5 Å². The third kappa shape index (κ3) is 2.79. The number of hydrogen-bond donors (Lipinski definition) is 1. The Morgan fingerprint density at radius 3 is 2.58 bits per heavy atom. The van der Waals surface area contributed by atoms with Crippen molar-refractivity contribution in [2.24, 2.45) is 0 Å². The molecule has 0 saturated carbocycles. The quantitative estimate of drug-likeness (QED) is 0.553. The molecule has 1 aromatic heterocycles. The van der Waals surface area contributed by atoms with E-state index in [4.69, 9.17) is 22.1 Å². The molecule has 0 amide bonds. The van der Waals surface area contributed by atoms with Crippen LogP contribution in [0.3, 0.4) is 0 Å². The molecule has 0 aliphatic rings. The van der Waals surface area contributed by atoms with E-state index in [1.165, 1.54) is 0 Å². The van der Waals surface area contributed by atoms with E-state index >= 15 is 0 Å². The first kappa shape index (κ1) is 16.2. The number of benzene rings is 2. The van der Waals surface area contributed by atoms with E-state index in [2.05, 4.69) is 17.6 Å². The van der Waals surface area contributed by atoms with Gasteiger partial charge >= 0.3 is 0 Å². The number of ether oxygens (including phenoxy) is 1. The summed E-state index contributed by atoms with van der Waals surface area (Å²) < 4.78 is 7.75. The van der Waals surface area contributed by atoms with Crippen molar-refractivity contribution in [3.8, 4) is 23.1 Å². The SMILES string of the molecule is CCn1c(-c2ccc(N)cc2)c(C#N)c2ccc(OCCCl)cc21. The molecule has 0 aliphatic heterocycles. The van der Waals surface area contributed by atoms with Crippen LogP contribution in [0.4, 0.5) is 5.69 Å². The number of hydrogen-bond acceptors (Lipinski definition) is 3. The number of nitrogens with two attached hydrogens (primary N) is 1. The fraction of sp³-hybridized carbons (Fsp3) is 0.211. The molecule has 0 radical (unpaired) electrons. The van der Waals surface area contributed by atoms with E-state index in [0.29, 0.717) is 23.7 Å². The number of aromatic nitrogens is 1. The topological polar surface area (TPSA) is 64.0 Å². The van der Waals surface area contributed by atoms with E-state index < -0.39 is 0 Å². The molecule has 122 valence electrons. The number of aryl methyl sites for hydroxylation is 1. The average molecular weight is 340 g/mol. The van der Waals surface area contributed by atoms with Gasteiger partial charge in [0.25, 0.3) is 0 Å². The van der Waals surface area contributed by atoms with Crippen molar-refractivity contribution in [1.82, 2.24) is 4.57 Å². The smallest absolute Gasteiger partial charge is 0.121 e. The number of rotatable bonds is 5. The zero-order valence-corrected chi connectivity index (χ0v) is 14.2. The van der Waals surface area contributed by atoms with Gasteiger partial charge in [0.05, 0.1) is 22.7 Å². The van der Waals surface area contributed by atoms with Gasteiger partial charge in [-0.2, -0.15) is 5.26 Å². The van der Waals surface area contributed by atoms with Crippen LogP contribution in [0.2, 0.25) is 0 Å². The number of alkyl halides is 1. The standard InChI is InChI=1S/C19H18ClN3O/c1-2-23-18-11-15(24-10-9-20)7-8-16(18)17(12-21)19(23)13-3-5-14(22)6-4-13/h3-8,11H,2,9-10,22H2,1H3. The van der Waals surface area contributed by atoms with Crippen LogP contribution in [-0.4, -0.2) is 17.1 Å². The molecule has 0 spiro atoms. The summed E-state index contributed by atoms with van der Waals surface area (Å²) in [6.07, 6.45) is 0. The maximum atomic E-state index is 9.72. The van der Waals surface area contributed by atoms with Gasteiger partial charge in [0.2, 0.25) is 0 Å². The first-order valence-corrected chi connectivity index (χ1v) is 8.34. The van der Waals surface area contributed by atoms with Gasteiger partial charge in [0.15, 0.2) is 0 Å². The minimum absolute atomic E-state index is 0.437. The maximum Gasteiger partial charge on any atom is 0.121 e. The van der Waals surface area contributed by atoms with Crippen molar-refractivity contribution in [1.29, 1.82) is 5.26 Å². The van der Waals surface area contributed by atoms with Gasteiger partial charge in [-0.25, -0.2) is 0 Å². The number of nitriles is 1. The van der Waals surface area contributed by atoms with Gasteiger partial charge in [-0.3, -0.25) is 0 Å². The molecule has 0 bridgehead atoms. The predicted molar refractivity (Wildman–Crippen MR) is 98.4 cm³/mol. The highest BCUT2D eigenvalue weighted by Gasteiger charge is 2.18. The van der Waals surface area contributed by atoms with Crippen LogP contribution in [-0.2, 0) is 6.54 Å². The molecule has 1 heterocycles. The molecule has 3 rings (SSSR count).